The topological polar surface area (TPSA) is 81.8 Å². The van der Waals surface area contributed by atoms with Gasteiger partial charge in [0.2, 0.25) is 0 Å². The van der Waals surface area contributed by atoms with Gasteiger partial charge in [0, 0.05) is 25.1 Å². The molecule has 0 heterocycles. The lowest BCUT2D eigenvalue weighted by molar-refractivity contribution is -0.138. The Labute approximate surface area is 110 Å². The number of rotatable bonds is 10. The summed E-state index contributed by atoms with van der Waals surface area (Å²) in [7, 11) is 5.85. The van der Waals surface area contributed by atoms with Gasteiger partial charge in [-0.05, 0) is 33.6 Å². The predicted molar refractivity (Wildman–Crippen MR) is 70.7 cm³/mol. The zero-order valence-corrected chi connectivity index (χ0v) is 11.6. The van der Waals surface area contributed by atoms with Gasteiger partial charge in [0.15, 0.2) is 0 Å². The van der Waals surface area contributed by atoms with Crippen molar-refractivity contribution in [2.75, 3.05) is 19.8 Å². The molecule has 1 unspecified atom stereocenters. The quantitative estimate of drug-likeness (QED) is 0.568. The van der Waals surface area contributed by atoms with Crippen molar-refractivity contribution in [2.24, 2.45) is 5.73 Å². The molecule has 0 aliphatic carbocycles. The molecule has 0 bridgehead atoms. The molecular weight excluding hydrogens is 233 g/mol. The van der Waals surface area contributed by atoms with Crippen molar-refractivity contribution in [1.82, 2.24) is 0 Å². The zero-order chi connectivity index (χ0) is 14.2. The lowest BCUT2D eigenvalue weighted by Gasteiger charge is -2.29. The highest BCUT2D eigenvalue weighted by Crippen LogP contribution is 2.18. The van der Waals surface area contributed by atoms with Gasteiger partial charge < -0.3 is 20.3 Å². The molecule has 0 aromatic rings. The fraction of sp³-hybridized carbons (Fsp3) is 0.917. The van der Waals surface area contributed by atoms with Gasteiger partial charge in [0.25, 0.3) is 0 Å². The Balaban J connectivity index is 3.90. The van der Waals surface area contributed by atoms with Crippen molar-refractivity contribution in [3.63, 3.8) is 0 Å². The molecule has 0 aromatic heterocycles. The molecule has 5 nitrogen and oxygen atoms in total. The first-order valence-electron chi connectivity index (χ1n) is 6.17. The number of carboxylic acid groups (broad SMARTS) is 1. The normalized spacial score (nSPS) is 15.3. The van der Waals surface area contributed by atoms with Gasteiger partial charge in [-0.25, -0.2) is 0 Å². The van der Waals surface area contributed by atoms with E-state index in [-0.39, 0.29) is 18.4 Å². The third-order valence-corrected chi connectivity index (χ3v) is 2.58. The molecule has 104 valence electrons. The third-order valence-electron chi connectivity index (χ3n) is 2.58. The Morgan fingerprint density at radius 3 is 2.33 bits per heavy atom. The molecule has 2 radical (unpaired) electrons. The van der Waals surface area contributed by atoms with Crippen LogP contribution in [0.25, 0.3) is 0 Å². The first-order chi connectivity index (χ1) is 8.18. The number of hydrogen-bond donors (Lipinski definition) is 2. The average Bonchev–Trinajstić information content (AvgIpc) is 2.23. The fourth-order valence-corrected chi connectivity index (χ4v) is 1.36. The van der Waals surface area contributed by atoms with Gasteiger partial charge in [0.05, 0.1) is 12.2 Å². The van der Waals surface area contributed by atoms with Crippen molar-refractivity contribution in [2.45, 2.75) is 51.1 Å². The summed E-state index contributed by atoms with van der Waals surface area (Å²) in [5.74, 6) is -0.873. The maximum absolute atomic E-state index is 10.5. The molecular formula is C12H24BNO4. The Hall–Kier alpha value is -0.585. The highest BCUT2D eigenvalue weighted by molar-refractivity contribution is 6.14. The van der Waals surface area contributed by atoms with Gasteiger partial charge in [-0.1, -0.05) is 0 Å². The number of nitrogens with two attached hydrogens (primary N) is 1. The van der Waals surface area contributed by atoms with Crippen molar-refractivity contribution in [3.8, 4) is 0 Å². The third kappa shape index (κ3) is 9.45. The summed E-state index contributed by atoms with van der Waals surface area (Å²) < 4.78 is 11.1. The fourth-order valence-electron chi connectivity index (χ4n) is 1.36. The number of ether oxygens (including phenoxy) is 2. The Morgan fingerprint density at radius 1 is 1.22 bits per heavy atom. The molecule has 0 rings (SSSR count). The molecule has 6 heteroatoms. The summed E-state index contributed by atoms with van der Waals surface area (Å²) >= 11 is 0. The molecule has 18 heavy (non-hydrogen) atoms. The van der Waals surface area contributed by atoms with Crippen LogP contribution in [0, 0.1) is 0 Å². The standard InChI is InChI=1S/C12H24BNO4/c1-11(2,17-9-7-14)6-8-18-12(3,13)5-4-10(15)16/h4-9,14H2,1-3H3,(H,15,16). The van der Waals surface area contributed by atoms with E-state index in [0.29, 0.717) is 26.2 Å². The molecule has 3 N–H and O–H groups in total. The highest BCUT2D eigenvalue weighted by Gasteiger charge is 2.22. The maximum atomic E-state index is 10.5. The van der Waals surface area contributed by atoms with Gasteiger partial charge in [0.1, 0.15) is 7.85 Å². The Morgan fingerprint density at radius 2 is 1.83 bits per heavy atom. The van der Waals surface area contributed by atoms with Crippen LogP contribution in [0.3, 0.4) is 0 Å². The van der Waals surface area contributed by atoms with Crippen LogP contribution in [0.2, 0.25) is 0 Å². The molecule has 0 amide bonds. The monoisotopic (exact) mass is 257 g/mol. The molecule has 0 aromatic carbocycles. The molecule has 0 aliphatic rings. The lowest BCUT2D eigenvalue weighted by Crippen LogP contribution is -2.34. The van der Waals surface area contributed by atoms with Crippen LogP contribution in [-0.4, -0.2) is 49.8 Å². The summed E-state index contributed by atoms with van der Waals surface area (Å²) in [6.07, 6.45) is 0.958. The van der Waals surface area contributed by atoms with Gasteiger partial charge in [-0.2, -0.15) is 0 Å². The van der Waals surface area contributed by atoms with Crippen LogP contribution in [0.5, 0.6) is 0 Å². The summed E-state index contributed by atoms with van der Waals surface area (Å²) in [4.78, 5) is 10.5. The zero-order valence-electron chi connectivity index (χ0n) is 11.6. The second-order valence-electron chi connectivity index (χ2n) is 5.20. The van der Waals surface area contributed by atoms with E-state index in [1.165, 1.54) is 0 Å². The van der Waals surface area contributed by atoms with Crippen LogP contribution in [0.4, 0.5) is 0 Å². The number of hydrogen-bond acceptors (Lipinski definition) is 4. The van der Waals surface area contributed by atoms with E-state index in [1.807, 2.05) is 13.8 Å². The first kappa shape index (κ1) is 17.4. The van der Waals surface area contributed by atoms with Crippen LogP contribution >= 0.6 is 0 Å². The Bertz CT molecular complexity index is 256. The minimum Gasteiger partial charge on any atom is -0.481 e. The van der Waals surface area contributed by atoms with E-state index in [4.69, 9.17) is 28.2 Å². The molecule has 0 fully saturated rings. The van der Waals surface area contributed by atoms with Crippen molar-refractivity contribution in [3.05, 3.63) is 0 Å². The summed E-state index contributed by atoms with van der Waals surface area (Å²) in [5, 5.41) is 8.59. The van der Waals surface area contributed by atoms with Crippen LogP contribution in [0.1, 0.15) is 40.0 Å². The molecule has 0 aliphatic heterocycles. The number of carboxylic acids is 1. The van der Waals surface area contributed by atoms with Crippen molar-refractivity contribution < 1.29 is 19.4 Å². The smallest absolute Gasteiger partial charge is 0.303 e. The summed E-state index contributed by atoms with van der Waals surface area (Å²) in [6, 6.07) is 0. The molecule has 1 atom stereocenters. The minimum absolute atomic E-state index is 0.0000659. The maximum Gasteiger partial charge on any atom is 0.303 e. The van der Waals surface area contributed by atoms with E-state index in [0.717, 1.165) is 0 Å². The first-order valence-corrected chi connectivity index (χ1v) is 6.17. The number of carbonyl (C=O) groups is 1. The number of aliphatic carboxylic acids is 1. The van der Waals surface area contributed by atoms with E-state index < -0.39 is 11.5 Å². The van der Waals surface area contributed by atoms with Crippen LogP contribution in [-0.2, 0) is 14.3 Å². The summed E-state index contributed by atoms with van der Waals surface area (Å²) in [5.41, 5.74) is 4.14. The molecule has 0 saturated carbocycles. The second kappa shape index (κ2) is 7.76. The molecule has 0 saturated heterocycles. The summed E-state index contributed by atoms with van der Waals surface area (Å²) in [6.45, 7) is 7.01. The highest BCUT2D eigenvalue weighted by atomic mass is 16.5. The van der Waals surface area contributed by atoms with Crippen molar-refractivity contribution >= 4 is 13.8 Å². The van der Waals surface area contributed by atoms with E-state index in [9.17, 15) is 4.79 Å². The largest absolute Gasteiger partial charge is 0.481 e. The molecule has 0 spiro atoms. The SMILES string of the molecule is [B]C(C)(CCC(=O)O)OCCC(C)(C)OCCN. The Kier molecular flexibility index (Phi) is 7.51. The van der Waals surface area contributed by atoms with E-state index in [1.54, 1.807) is 6.92 Å². The average molecular weight is 257 g/mol. The van der Waals surface area contributed by atoms with E-state index in [2.05, 4.69) is 0 Å². The van der Waals surface area contributed by atoms with Crippen molar-refractivity contribution in [1.29, 1.82) is 0 Å². The second-order valence-corrected chi connectivity index (χ2v) is 5.20. The minimum atomic E-state index is -0.914. The lowest BCUT2D eigenvalue weighted by atomic mass is 9.79. The van der Waals surface area contributed by atoms with Gasteiger partial charge in [-0.3, -0.25) is 4.79 Å². The van der Waals surface area contributed by atoms with Crippen LogP contribution < -0.4 is 5.73 Å². The van der Waals surface area contributed by atoms with Gasteiger partial charge in [-0.15, -0.1) is 0 Å². The van der Waals surface area contributed by atoms with E-state index >= 15 is 0 Å². The van der Waals surface area contributed by atoms with Crippen LogP contribution in [0.15, 0.2) is 0 Å². The van der Waals surface area contributed by atoms with Gasteiger partial charge >= 0.3 is 5.97 Å². The predicted octanol–water partition coefficient (Wildman–Crippen LogP) is 0.897.